The SMILES string of the molecule is O=C(COC(=O)C(Cc1ccccc1)NC(=O)c1ccco1)NCc1ccc(Cl)cc1. The second-order valence-corrected chi connectivity index (χ2v) is 7.14. The first-order valence-corrected chi connectivity index (χ1v) is 9.95. The number of ether oxygens (including phenoxy) is 1. The Kier molecular flexibility index (Phi) is 7.84. The summed E-state index contributed by atoms with van der Waals surface area (Å²) in [7, 11) is 0. The predicted octanol–water partition coefficient (Wildman–Crippen LogP) is 3.13. The van der Waals surface area contributed by atoms with Crippen LogP contribution in [-0.4, -0.2) is 30.4 Å². The Balaban J connectivity index is 1.55. The lowest BCUT2D eigenvalue weighted by Gasteiger charge is -2.17. The summed E-state index contributed by atoms with van der Waals surface area (Å²) in [5.41, 5.74) is 1.69. The van der Waals surface area contributed by atoms with Gasteiger partial charge in [0.2, 0.25) is 0 Å². The van der Waals surface area contributed by atoms with E-state index >= 15 is 0 Å². The monoisotopic (exact) mass is 440 g/mol. The number of esters is 1. The van der Waals surface area contributed by atoms with Gasteiger partial charge >= 0.3 is 5.97 Å². The van der Waals surface area contributed by atoms with Crippen LogP contribution in [0, 0.1) is 0 Å². The summed E-state index contributed by atoms with van der Waals surface area (Å²) in [6.45, 7) is -0.190. The van der Waals surface area contributed by atoms with E-state index in [9.17, 15) is 14.4 Å². The smallest absolute Gasteiger partial charge is 0.329 e. The van der Waals surface area contributed by atoms with E-state index in [1.54, 1.807) is 30.3 Å². The first-order valence-electron chi connectivity index (χ1n) is 9.57. The lowest BCUT2D eigenvalue weighted by molar-refractivity contribution is -0.150. The van der Waals surface area contributed by atoms with Crippen molar-refractivity contribution in [1.82, 2.24) is 10.6 Å². The average molecular weight is 441 g/mol. The van der Waals surface area contributed by atoms with Crippen molar-refractivity contribution in [3.05, 3.63) is 94.9 Å². The highest BCUT2D eigenvalue weighted by Crippen LogP contribution is 2.09. The van der Waals surface area contributed by atoms with E-state index in [-0.39, 0.29) is 18.7 Å². The maximum atomic E-state index is 12.6. The molecule has 2 amide bonds. The van der Waals surface area contributed by atoms with Crippen LogP contribution >= 0.6 is 11.6 Å². The van der Waals surface area contributed by atoms with Gasteiger partial charge in [0.25, 0.3) is 11.8 Å². The van der Waals surface area contributed by atoms with Gasteiger partial charge in [0.1, 0.15) is 6.04 Å². The Hall–Kier alpha value is -3.58. The summed E-state index contributed by atoms with van der Waals surface area (Å²) in [5, 5.41) is 5.87. The quantitative estimate of drug-likeness (QED) is 0.498. The molecule has 0 spiro atoms. The molecule has 0 saturated carbocycles. The zero-order chi connectivity index (χ0) is 22.1. The highest BCUT2D eigenvalue weighted by Gasteiger charge is 2.25. The topological polar surface area (TPSA) is 97.6 Å². The Morgan fingerprint density at radius 3 is 2.35 bits per heavy atom. The second kappa shape index (κ2) is 11.0. The van der Waals surface area contributed by atoms with Crippen molar-refractivity contribution in [2.24, 2.45) is 0 Å². The summed E-state index contributed by atoms with van der Waals surface area (Å²) in [6.07, 6.45) is 1.57. The molecule has 0 fully saturated rings. The molecule has 0 bridgehead atoms. The van der Waals surface area contributed by atoms with Gasteiger partial charge in [-0.1, -0.05) is 54.1 Å². The van der Waals surface area contributed by atoms with Crippen LogP contribution < -0.4 is 10.6 Å². The van der Waals surface area contributed by atoms with Crippen LogP contribution in [0.15, 0.2) is 77.4 Å². The molecule has 7 nitrogen and oxygen atoms in total. The van der Waals surface area contributed by atoms with Crippen LogP contribution in [0.5, 0.6) is 0 Å². The molecule has 0 saturated heterocycles. The molecule has 1 atom stereocenters. The molecule has 1 unspecified atom stereocenters. The Labute approximate surface area is 184 Å². The molecule has 160 valence electrons. The number of nitrogens with one attached hydrogen (secondary N) is 2. The van der Waals surface area contributed by atoms with E-state index in [2.05, 4.69) is 10.6 Å². The third-order valence-electron chi connectivity index (χ3n) is 4.37. The second-order valence-electron chi connectivity index (χ2n) is 6.70. The van der Waals surface area contributed by atoms with Gasteiger partial charge in [-0.05, 0) is 35.4 Å². The fourth-order valence-electron chi connectivity index (χ4n) is 2.77. The van der Waals surface area contributed by atoms with Gasteiger partial charge in [-0.15, -0.1) is 0 Å². The van der Waals surface area contributed by atoms with Crippen LogP contribution in [0.25, 0.3) is 0 Å². The Morgan fingerprint density at radius 2 is 1.68 bits per heavy atom. The average Bonchev–Trinajstić information content (AvgIpc) is 3.32. The highest BCUT2D eigenvalue weighted by atomic mass is 35.5. The van der Waals surface area contributed by atoms with Gasteiger partial charge in [0.15, 0.2) is 12.4 Å². The standard InChI is InChI=1S/C23H21ClN2O5/c24-18-10-8-17(9-11-18)14-25-21(27)15-31-23(29)19(13-16-5-2-1-3-6-16)26-22(28)20-7-4-12-30-20/h1-12,19H,13-15H2,(H,25,27)(H,26,28). The van der Waals surface area contributed by atoms with Crippen molar-refractivity contribution in [1.29, 1.82) is 0 Å². The van der Waals surface area contributed by atoms with Gasteiger partial charge in [-0.2, -0.15) is 0 Å². The van der Waals surface area contributed by atoms with Gasteiger partial charge in [0.05, 0.1) is 6.26 Å². The predicted molar refractivity (Wildman–Crippen MR) is 114 cm³/mol. The van der Waals surface area contributed by atoms with Crippen molar-refractivity contribution < 1.29 is 23.5 Å². The summed E-state index contributed by atoms with van der Waals surface area (Å²) in [6, 6.07) is 18.3. The normalized spacial score (nSPS) is 11.4. The van der Waals surface area contributed by atoms with Crippen LogP contribution in [-0.2, 0) is 27.3 Å². The van der Waals surface area contributed by atoms with Gasteiger partial charge in [-0.25, -0.2) is 4.79 Å². The van der Waals surface area contributed by atoms with E-state index in [1.807, 2.05) is 30.3 Å². The molecule has 0 radical (unpaired) electrons. The van der Waals surface area contributed by atoms with E-state index in [0.717, 1.165) is 11.1 Å². The van der Waals surface area contributed by atoms with Crippen molar-refractivity contribution in [2.45, 2.75) is 19.0 Å². The summed E-state index contributed by atoms with van der Waals surface area (Å²) in [4.78, 5) is 37.0. The number of carbonyl (C=O) groups is 3. The molecule has 2 N–H and O–H groups in total. The van der Waals surface area contributed by atoms with Crippen molar-refractivity contribution in [3.8, 4) is 0 Å². The zero-order valence-corrected chi connectivity index (χ0v) is 17.3. The Bertz CT molecular complexity index is 1000. The fraction of sp³-hybridized carbons (Fsp3) is 0.174. The molecule has 0 aliphatic carbocycles. The van der Waals surface area contributed by atoms with Crippen molar-refractivity contribution in [2.75, 3.05) is 6.61 Å². The van der Waals surface area contributed by atoms with E-state index in [1.165, 1.54) is 12.3 Å². The zero-order valence-electron chi connectivity index (χ0n) is 16.5. The summed E-state index contributed by atoms with van der Waals surface area (Å²) in [5.74, 6) is -1.65. The molecular formula is C23H21ClN2O5. The number of halogens is 1. The lowest BCUT2D eigenvalue weighted by Crippen LogP contribution is -2.44. The summed E-state index contributed by atoms with van der Waals surface area (Å²) < 4.78 is 10.2. The van der Waals surface area contributed by atoms with Gasteiger partial charge in [-0.3, -0.25) is 9.59 Å². The number of amides is 2. The van der Waals surface area contributed by atoms with E-state index in [4.69, 9.17) is 20.8 Å². The minimum absolute atomic E-state index is 0.0755. The van der Waals surface area contributed by atoms with Crippen LogP contribution in [0.3, 0.4) is 0 Å². The molecule has 3 rings (SSSR count). The van der Waals surface area contributed by atoms with Crippen molar-refractivity contribution in [3.63, 3.8) is 0 Å². The minimum atomic E-state index is -0.982. The van der Waals surface area contributed by atoms with E-state index < -0.39 is 30.4 Å². The highest BCUT2D eigenvalue weighted by molar-refractivity contribution is 6.30. The third-order valence-corrected chi connectivity index (χ3v) is 4.62. The molecule has 1 aromatic heterocycles. The first-order chi connectivity index (χ1) is 15.0. The maximum Gasteiger partial charge on any atom is 0.329 e. The summed E-state index contributed by atoms with van der Waals surface area (Å²) >= 11 is 5.83. The van der Waals surface area contributed by atoms with Crippen molar-refractivity contribution >= 4 is 29.4 Å². The number of furan rings is 1. The number of rotatable bonds is 9. The molecule has 8 heteroatoms. The number of benzene rings is 2. The molecule has 1 heterocycles. The van der Waals surface area contributed by atoms with Crippen LogP contribution in [0.2, 0.25) is 5.02 Å². The van der Waals surface area contributed by atoms with Crippen LogP contribution in [0.4, 0.5) is 0 Å². The van der Waals surface area contributed by atoms with Crippen LogP contribution in [0.1, 0.15) is 21.7 Å². The molecule has 0 aliphatic heterocycles. The van der Waals surface area contributed by atoms with E-state index in [0.29, 0.717) is 5.02 Å². The first kappa shape index (κ1) is 22.1. The van der Waals surface area contributed by atoms with Gasteiger partial charge in [0, 0.05) is 18.0 Å². The molecular weight excluding hydrogens is 420 g/mol. The number of hydrogen-bond donors (Lipinski definition) is 2. The maximum absolute atomic E-state index is 12.6. The largest absolute Gasteiger partial charge is 0.459 e. The Morgan fingerprint density at radius 1 is 0.935 bits per heavy atom. The molecule has 3 aromatic rings. The number of hydrogen-bond acceptors (Lipinski definition) is 5. The molecule has 0 aliphatic rings. The molecule has 2 aromatic carbocycles. The minimum Gasteiger partial charge on any atom is -0.459 e. The lowest BCUT2D eigenvalue weighted by atomic mass is 10.1. The molecule has 31 heavy (non-hydrogen) atoms. The van der Waals surface area contributed by atoms with Gasteiger partial charge < -0.3 is 19.8 Å². The third kappa shape index (κ3) is 7.01. The fourth-order valence-corrected chi connectivity index (χ4v) is 2.90. The number of carbonyl (C=O) groups excluding carboxylic acids is 3.